The molecule has 1 aliphatic heterocycles. The summed E-state index contributed by atoms with van der Waals surface area (Å²) in [6, 6.07) is 0. The lowest BCUT2D eigenvalue weighted by atomic mass is 9.94. The smallest absolute Gasteiger partial charge is 0.0768 e. The van der Waals surface area contributed by atoms with E-state index in [9.17, 15) is 5.11 Å². The maximum absolute atomic E-state index is 10.3. The van der Waals surface area contributed by atoms with E-state index < -0.39 is 5.60 Å². The molecular weight excluding hydrogens is 214 g/mol. The molecule has 0 amide bonds. The first-order valence-electron chi connectivity index (χ1n) is 7.16. The van der Waals surface area contributed by atoms with Crippen molar-refractivity contribution in [1.29, 1.82) is 0 Å². The summed E-state index contributed by atoms with van der Waals surface area (Å²) in [6.45, 7) is 5.55. The summed E-state index contributed by atoms with van der Waals surface area (Å²) < 4.78 is 6.24. The highest BCUT2D eigenvalue weighted by atomic mass is 16.5. The minimum atomic E-state index is -0.634. The van der Waals surface area contributed by atoms with Gasteiger partial charge < -0.3 is 15.2 Å². The van der Waals surface area contributed by atoms with Crippen molar-refractivity contribution >= 4 is 0 Å². The fourth-order valence-electron chi connectivity index (χ4n) is 3.38. The Morgan fingerprint density at radius 3 is 2.71 bits per heavy atom. The van der Waals surface area contributed by atoms with Crippen molar-refractivity contribution in [3.8, 4) is 0 Å². The summed E-state index contributed by atoms with van der Waals surface area (Å²) in [6.07, 6.45) is 8.47. The quantitative estimate of drug-likeness (QED) is 0.775. The highest BCUT2D eigenvalue weighted by molar-refractivity contribution is 4.94. The van der Waals surface area contributed by atoms with Crippen LogP contribution in [0.4, 0.5) is 0 Å². The Balaban J connectivity index is 1.80. The molecule has 0 bridgehead atoms. The standard InChI is InChI=1S/C14H27NO2/c1-3-15-11-13(2,16)10-12-6-9-14(17-12)7-4-5-8-14/h12,15-16H,3-11H2,1-2H3. The Bertz CT molecular complexity index is 247. The van der Waals surface area contributed by atoms with Crippen LogP contribution in [0.5, 0.6) is 0 Å². The van der Waals surface area contributed by atoms with Crippen LogP contribution in [0, 0.1) is 0 Å². The van der Waals surface area contributed by atoms with Crippen molar-refractivity contribution < 1.29 is 9.84 Å². The first kappa shape index (κ1) is 13.3. The molecule has 1 saturated heterocycles. The van der Waals surface area contributed by atoms with Gasteiger partial charge in [-0.1, -0.05) is 19.8 Å². The van der Waals surface area contributed by atoms with E-state index in [2.05, 4.69) is 12.2 Å². The molecule has 2 atom stereocenters. The summed E-state index contributed by atoms with van der Waals surface area (Å²) in [5.41, 5.74) is -0.441. The molecule has 1 heterocycles. The van der Waals surface area contributed by atoms with Crippen LogP contribution in [0.3, 0.4) is 0 Å². The maximum Gasteiger partial charge on any atom is 0.0768 e. The molecule has 3 nitrogen and oxygen atoms in total. The fourth-order valence-corrected chi connectivity index (χ4v) is 3.38. The first-order chi connectivity index (χ1) is 8.05. The third-order valence-electron chi connectivity index (χ3n) is 4.28. The summed E-state index contributed by atoms with van der Waals surface area (Å²) >= 11 is 0. The minimum absolute atomic E-state index is 0.193. The van der Waals surface area contributed by atoms with Crippen molar-refractivity contribution in [2.75, 3.05) is 13.1 Å². The normalized spacial score (nSPS) is 30.9. The van der Waals surface area contributed by atoms with Gasteiger partial charge in [0.25, 0.3) is 0 Å². The second-order valence-corrected chi connectivity index (χ2v) is 6.15. The number of rotatable bonds is 5. The number of nitrogens with one attached hydrogen (secondary N) is 1. The molecule has 3 heteroatoms. The maximum atomic E-state index is 10.3. The number of likely N-dealkylation sites (N-methyl/N-ethyl adjacent to an activating group) is 1. The molecule has 2 rings (SSSR count). The Kier molecular flexibility index (Phi) is 4.11. The number of aliphatic hydroxyl groups is 1. The molecule has 100 valence electrons. The van der Waals surface area contributed by atoms with Crippen LogP contribution in [0.15, 0.2) is 0 Å². The summed E-state index contributed by atoms with van der Waals surface area (Å²) in [4.78, 5) is 0. The molecular formula is C14H27NO2. The summed E-state index contributed by atoms with van der Waals surface area (Å²) in [5.74, 6) is 0. The van der Waals surface area contributed by atoms with Gasteiger partial charge in [-0.2, -0.15) is 0 Å². The van der Waals surface area contributed by atoms with Gasteiger partial charge in [0, 0.05) is 13.0 Å². The lowest BCUT2D eigenvalue weighted by Gasteiger charge is -2.29. The van der Waals surface area contributed by atoms with Gasteiger partial charge in [-0.05, 0) is 39.2 Å². The second kappa shape index (κ2) is 5.25. The minimum Gasteiger partial charge on any atom is -0.389 e. The average molecular weight is 241 g/mol. The Morgan fingerprint density at radius 2 is 2.06 bits per heavy atom. The highest BCUT2D eigenvalue weighted by Crippen LogP contribution is 2.44. The molecule has 0 aromatic rings. The summed E-state index contributed by atoms with van der Waals surface area (Å²) in [7, 11) is 0. The SMILES string of the molecule is CCNCC(C)(O)CC1CCC2(CCCC2)O1. The van der Waals surface area contributed by atoms with Crippen LogP contribution in [0.25, 0.3) is 0 Å². The van der Waals surface area contributed by atoms with Gasteiger partial charge in [-0.15, -0.1) is 0 Å². The van der Waals surface area contributed by atoms with Gasteiger partial charge in [0.05, 0.1) is 17.3 Å². The number of hydrogen-bond acceptors (Lipinski definition) is 3. The summed E-state index contributed by atoms with van der Waals surface area (Å²) in [5, 5.41) is 13.5. The molecule has 0 aromatic carbocycles. The topological polar surface area (TPSA) is 41.5 Å². The van der Waals surface area contributed by atoms with Gasteiger partial charge in [-0.3, -0.25) is 0 Å². The van der Waals surface area contributed by atoms with Crippen LogP contribution < -0.4 is 5.32 Å². The number of ether oxygens (including phenoxy) is 1. The zero-order valence-corrected chi connectivity index (χ0v) is 11.3. The molecule has 1 saturated carbocycles. The third-order valence-corrected chi connectivity index (χ3v) is 4.28. The molecule has 0 radical (unpaired) electrons. The monoisotopic (exact) mass is 241 g/mol. The van der Waals surface area contributed by atoms with Crippen LogP contribution in [0.2, 0.25) is 0 Å². The van der Waals surface area contributed by atoms with Gasteiger partial charge >= 0.3 is 0 Å². The molecule has 1 spiro atoms. The van der Waals surface area contributed by atoms with Crippen LogP contribution in [-0.2, 0) is 4.74 Å². The second-order valence-electron chi connectivity index (χ2n) is 6.15. The van der Waals surface area contributed by atoms with Crippen molar-refractivity contribution in [2.24, 2.45) is 0 Å². The molecule has 2 aliphatic rings. The predicted octanol–water partition coefficient (Wildman–Crippen LogP) is 2.23. The molecule has 2 N–H and O–H groups in total. The Labute approximate surface area is 105 Å². The molecule has 0 aromatic heterocycles. The average Bonchev–Trinajstić information content (AvgIpc) is 2.87. The first-order valence-corrected chi connectivity index (χ1v) is 7.16. The van der Waals surface area contributed by atoms with E-state index in [4.69, 9.17) is 4.74 Å². The Hall–Kier alpha value is -0.120. The van der Waals surface area contributed by atoms with Gasteiger partial charge in [-0.25, -0.2) is 0 Å². The predicted molar refractivity (Wildman–Crippen MR) is 69.1 cm³/mol. The zero-order chi connectivity index (χ0) is 12.4. The van der Waals surface area contributed by atoms with E-state index in [0.29, 0.717) is 6.54 Å². The van der Waals surface area contributed by atoms with Crippen LogP contribution >= 0.6 is 0 Å². The van der Waals surface area contributed by atoms with Gasteiger partial charge in [0.1, 0.15) is 0 Å². The molecule has 2 unspecified atom stereocenters. The molecule has 17 heavy (non-hydrogen) atoms. The number of hydrogen-bond donors (Lipinski definition) is 2. The van der Waals surface area contributed by atoms with Crippen molar-refractivity contribution in [3.63, 3.8) is 0 Å². The zero-order valence-electron chi connectivity index (χ0n) is 11.3. The van der Waals surface area contributed by atoms with Crippen LogP contribution in [-0.4, -0.2) is 35.5 Å². The Morgan fingerprint density at radius 1 is 1.35 bits per heavy atom. The lowest BCUT2D eigenvalue weighted by Crippen LogP contribution is -2.41. The lowest BCUT2D eigenvalue weighted by molar-refractivity contribution is -0.0704. The largest absolute Gasteiger partial charge is 0.389 e. The van der Waals surface area contributed by atoms with Crippen LogP contribution in [0.1, 0.15) is 58.8 Å². The molecule has 1 aliphatic carbocycles. The third kappa shape index (κ3) is 3.43. The van der Waals surface area contributed by atoms with E-state index in [1.807, 2.05) is 6.92 Å². The van der Waals surface area contributed by atoms with E-state index >= 15 is 0 Å². The van der Waals surface area contributed by atoms with Crippen molar-refractivity contribution in [3.05, 3.63) is 0 Å². The van der Waals surface area contributed by atoms with Gasteiger partial charge in [0.2, 0.25) is 0 Å². The van der Waals surface area contributed by atoms with Gasteiger partial charge in [0.15, 0.2) is 0 Å². The fraction of sp³-hybridized carbons (Fsp3) is 1.00. The van der Waals surface area contributed by atoms with Crippen molar-refractivity contribution in [1.82, 2.24) is 5.32 Å². The van der Waals surface area contributed by atoms with Crippen molar-refractivity contribution in [2.45, 2.75) is 76.1 Å². The van der Waals surface area contributed by atoms with E-state index in [-0.39, 0.29) is 11.7 Å². The van der Waals surface area contributed by atoms with E-state index in [1.54, 1.807) is 0 Å². The molecule has 2 fully saturated rings. The van der Waals surface area contributed by atoms with E-state index in [1.165, 1.54) is 32.1 Å². The van der Waals surface area contributed by atoms with E-state index in [0.717, 1.165) is 19.4 Å². The highest BCUT2D eigenvalue weighted by Gasteiger charge is 2.43.